The first-order chi connectivity index (χ1) is 7.70. The molecule has 0 radical (unpaired) electrons. The van der Waals surface area contributed by atoms with Crippen molar-refractivity contribution in [2.45, 2.75) is 18.8 Å². The molecule has 0 spiro atoms. The Balaban J connectivity index is 2.36. The zero-order chi connectivity index (χ0) is 11.6. The van der Waals surface area contributed by atoms with Gasteiger partial charge in [-0.2, -0.15) is 0 Å². The van der Waals surface area contributed by atoms with Crippen molar-refractivity contribution in [3.63, 3.8) is 0 Å². The van der Waals surface area contributed by atoms with E-state index in [0.29, 0.717) is 19.6 Å². The van der Waals surface area contributed by atoms with Crippen LogP contribution in [0.25, 0.3) is 0 Å². The summed E-state index contributed by atoms with van der Waals surface area (Å²) in [7, 11) is 0. The number of carboxylic acid groups (broad SMARTS) is 1. The van der Waals surface area contributed by atoms with Crippen molar-refractivity contribution in [2.24, 2.45) is 5.92 Å². The van der Waals surface area contributed by atoms with Crippen LogP contribution in [0.4, 0.5) is 0 Å². The average Bonchev–Trinajstić information content (AvgIpc) is 2.23. The fraction of sp³-hybridized carbons (Fsp3) is 0.462. The Morgan fingerprint density at radius 3 is 2.44 bits per heavy atom. The summed E-state index contributed by atoms with van der Waals surface area (Å²) in [5, 5.41) is 9.28. The van der Waals surface area contributed by atoms with Crippen LogP contribution in [0.1, 0.15) is 18.9 Å². The van der Waals surface area contributed by atoms with E-state index in [-0.39, 0.29) is 11.3 Å². The standard InChI is InChI=1S/C13H16O3/c1-2-11(12(14)15)13(8-16-9-13)10-6-4-3-5-7-10/h3-7,11H,2,8-9H2,1H3,(H,14,15). The summed E-state index contributed by atoms with van der Waals surface area (Å²) in [6.45, 7) is 2.95. The van der Waals surface area contributed by atoms with Crippen LogP contribution in [0.3, 0.4) is 0 Å². The van der Waals surface area contributed by atoms with Gasteiger partial charge in [0.1, 0.15) is 0 Å². The lowest BCUT2D eigenvalue weighted by atomic mass is 9.67. The number of benzene rings is 1. The summed E-state index contributed by atoms with van der Waals surface area (Å²) < 4.78 is 5.26. The summed E-state index contributed by atoms with van der Waals surface area (Å²) >= 11 is 0. The smallest absolute Gasteiger partial charge is 0.307 e. The van der Waals surface area contributed by atoms with Crippen LogP contribution in [-0.4, -0.2) is 24.3 Å². The minimum Gasteiger partial charge on any atom is -0.481 e. The van der Waals surface area contributed by atoms with Crippen molar-refractivity contribution >= 4 is 5.97 Å². The molecule has 0 aromatic heterocycles. The topological polar surface area (TPSA) is 46.5 Å². The minimum atomic E-state index is -0.727. The Morgan fingerprint density at radius 1 is 1.44 bits per heavy atom. The third kappa shape index (κ3) is 1.61. The summed E-state index contributed by atoms with van der Waals surface area (Å²) in [6, 6.07) is 9.83. The van der Waals surface area contributed by atoms with E-state index >= 15 is 0 Å². The largest absolute Gasteiger partial charge is 0.481 e. The van der Waals surface area contributed by atoms with Gasteiger partial charge < -0.3 is 9.84 Å². The predicted octanol–water partition coefficient (Wildman–Crippen LogP) is 2.07. The first-order valence-electron chi connectivity index (χ1n) is 5.57. The van der Waals surface area contributed by atoms with Crippen molar-refractivity contribution in [1.82, 2.24) is 0 Å². The minimum absolute atomic E-state index is 0.318. The van der Waals surface area contributed by atoms with Crippen LogP contribution < -0.4 is 0 Å². The van der Waals surface area contributed by atoms with Gasteiger partial charge in [-0.25, -0.2) is 0 Å². The molecule has 1 aliphatic rings. The molecule has 2 rings (SSSR count). The SMILES string of the molecule is CCC(C(=O)O)C1(c2ccccc2)COC1. The highest BCUT2D eigenvalue weighted by Crippen LogP contribution is 2.41. The molecule has 0 amide bonds. The Hall–Kier alpha value is -1.35. The number of hydrogen-bond donors (Lipinski definition) is 1. The second kappa shape index (κ2) is 4.26. The van der Waals surface area contributed by atoms with Gasteiger partial charge in [-0.15, -0.1) is 0 Å². The molecule has 3 nitrogen and oxygen atoms in total. The van der Waals surface area contributed by atoms with Crippen LogP contribution in [0.5, 0.6) is 0 Å². The molecular weight excluding hydrogens is 204 g/mol. The Morgan fingerprint density at radius 2 is 2.06 bits per heavy atom. The van der Waals surface area contributed by atoms with E-state index in [1.54, 1.807) is 0 Å². The molecule has 3 heteroatoms. The third-order valence-electron chi connectivity index (χ3n) is 3.44. The van der Waals surface area contributed by atoms with Crippen molar-refractivity contribution < 1.29 is 14.6 Å². The maximum absolute atomic E-state index is 11.3. The Bertz CT molecular complexity index is 368. The quantitative estimate of drug-likeness (QED) is 0.844. The molecule has 0 saturated carbocycles. The van der Waals surface area contributed by atoms with Gasteiger partial charge >= 0.3 is 5.97 Å². The van der Waals surface area contributed by atoms with Crippen LogP contribution in [-0.2, 0) is 14.9 Å². The van der Waals surface area contributed by atoms with Gasteiger partial charge in [0.15, 0.2) is 0 Å². The van der Waals surface area contributed by atoms with E-state index in [4.69, 9.17) is 4.74 Å². The first-order valence-corrected chi connectivity index (χ1v) is 5.57. The first kappa shape index (κ1) is 11.1. The van der Waals surface area contributed by atoms with Gasteiger partial charge in [-0.1, -0.05) is 37.3 Å². The molecule has 0 aliphatic carbocycles. The van der Waals surface area contributed by atoms with Crippen LogP contribution in [0.2, 0.25) is 0 Å². The maximum Gasteiger partial charge on any atom is 0.307 e. The van der Waals surface area contributed by atoms with Crippen molar-refractivity contribution in [1.29, 1.82) is 0 Å². The molecule has 1 aromatic rings. The molecule has 1 heterocycles. The van der Waals surface area contributed by atoms with Crippen LogP contribution in [0, 0.1) is 5.92 Å². The Kier molecular flexibility index (Phi) is 2.97. The zero-order valence-corrected chi connectivity index (χ0v) is 9.35. The summed E-state index contributed by atoms with van der Waals surface area (Å²) in [6.07, 6.45) is 0.633. The van der Waals surface area contributed by atoms with E-state index in [1.807, 2.05) is 37.3 Å². The number of hydrogen-bond acceptors (Lipinski definition) is 2. The van der Waals surface area contributed by atoms with Gasteiger partial charge in [-0.05, 0) is 12.0 Å². The van der Waals surface area contributed by atoms with Gasteiger partial charge in [-0.3, -0.25) is 4.79 Å². The summed E-state index contributed by atoms with van der Waals surface area (Å²) in [5.41, 5.74) is 0.762. The maximum atomic E-state index is 11.3. The second-order valence-corrected chi connectivity index (χ2v) is 4.31. The fourth-order valence-corrected chi connectivity index (χ4v) is 2.46. The molecule has 16 heavy (non-hydrogen) atoms. The van der Waals surface area contributed by atoms with Gasteiger partial charge in [0.25, 0.3) is 0 Å². The third-order valence-corrected chi connectivity index (χ3v) is 3.44. The van der Waals surface area contributed by atoms with E-state index in [2.05, 4.69) is 0 Å². The lowest BCUT2D eigenvalue weighted by Gasteiger charge is -2.45. The highest BCUT2D eigenvalue weighted by molar-refractivity contribution is 5.73. The summed E-state index contributed by atoms with van der Waals surface area (Å²) in [5.74, 6) is -1.08. The second-order valence-electron chi connectivity index (χ2n) is 4.31. The lowest BCUT2D eigenvalue weighted by Crippen LogP contribution is -2.54. The highest BCUT2D eigenvalue weighted by Gasteiger charge is 2.49. The van der Waals surface area contributed by atoms with E-state index < -0.39 is 5.97 Å². The lowest BCUT2D eigenvalue weighted by molar-refractivity contribution is -0.157. The molecular formula is C13H16O3. The molecule has 1 atom stereocenters. The number of ether oxygens (including phenoxy) is 1. The molecule has 0 bridgehead atoms. The van der Waals surface area contributed by atoms with Gasteiger partial charge in [0, 0.05) is 0 Å². The Labute approximate surface area is 95.0 Å². The molecule has 1 saturated heterocycles. The van der Waals surface area contributed by atoms with Gasteiger partial charge in [0.2, 0.25) is 0 Å². The van der Waals surface area contributed by atoms with E-state index in [9.17, 15) is 9.90 Å². The van der Waals surface area contributed by atoms with Crippen molar-refractivity contribution in [3.05, 3.63) is 35.9 Å². The molecule has 1 unspecified atom stereocenters. The number of carbonyl (C=O) groups is 1. The zero-order valence-electron chi connectivity index (χ0n) is 9.35. The monoisotopic (exact) mass is 220 g/mol. The van der Waals surface area contributed by atoms with Crippen LogP contribution in [0.15, 0.2) is 30.3 Å². The highest BCUT2D eigenvalue weighted by atomic mass is 16.5. The van der Waals surface area contributed by atoms with Crippen LogP contribution >= 0.6 is 0 Å². The van der Waals surface area contributed by atoms with E-state index in [0.717, 1.165) is 5.56 Å². The molecule has 1 aliphatic heterocycles. The predicted molar refractivity (Wildman–Crippen MR) is 60.4 cm³/mol. The van der Waals surface area contributed by atoms with E-state index in [1.165, 1.54) is 0 Å². The van der Waals surface area contributed by atoms with Crippen molar-refractivity contribution in [2.75, 3.05) is 13.2 Å². The average molecular weight is 220 g/mol. The number of rotatable bonds is 4. The molecule has 86 valence electrons. The number of aliphatic carboxylic acids is 1. The number of carboxylic acids is 1. The fourth-order valence-electron chi connectivity index (χ4n) is 2.46. The summed E-state index contributed by atoms with van der Waals surface area (Å²) in [4.78, 5) is 11.3. The molecule has 1 fully saturated rings. The van der Waals surface area contributed by atoms with Gasteiger partial charge in [0.05, 0.1) is 24.5 Å². The molecule has 1 N–H and O–H groups in total. The molecule has 1 aromatic carbocycles. The van der Waals surface area contributed by atoms with Crippen molar-refractivity contribution in [3.8, 4) is 0 Å². The normalized spacial score (nSPS) is 19.8.